The van der Waals surface area contributed by atoms with Crippen LogP contribution in [0.4, 0.5) is 0 Å². The molecule has 0 aromatic heterocycles. The molecule has 66 heavy (non-hydrogen) atoms. The van der Waals surface area contributed by atoms with Gasteiger partial charge in [-0.25, -0.2) is 4.18 Å². The summed E-state index contributed by atoms with van der Waals surface area (Å²) in [5, 5.41) is 30.8. The van der Waals surface area contributed by atoms with Gasteiger partial charge < -0.3 is 34.3 Å². The fourth-order valence-corrected chi connectivity index (χ4v) is 8.53. The van der Waals surface area contributed by atoms with Crippen molar-refractivity contribution in [1.29, 1.82) is 0 Å². The number of allylic oxidation sites excluding steroid dienone is 8. The van der Waals surface area contributed by atoms with E-state index in [1.54, 1.807) is 0 Å². The third-order valence-electron chi connectivity index (χ3n) is 12.0. The number of unbranched alkanes of at least 4 members (excludes halogenated alkanes) is 25. The lowest BCUT2D eigenvalue weighted by atomic mass is 9.99. The van der Waals surface area contributed by atoms with Gasteiger partial charge in [0.05, 0.1) is 19.8 Å². The standard InChI is InChI=1S/C53H96O12S/c1-3-5-7-9-11-13-15-17-19-21-22-23-24-25-26-27-28-30-32-34-36-38-40-42-49(55)63-47(46-62-53-51(57)52(65-66(58,59)60)50(56)48(44-54)64-53)45-61-43-41-39-37-35-33-31-29-20-18-16-14-12-10-8-6-4-2/h6,8,12,14,18,20,31,33,47-48,50-54,56-57H,3-5,7,9-11,13,15-17,19,21-30,32,34-46H2,1-2H3,(H,58,59,60)/b8-6-,14-12-,20-18-,33-31-. The molecule has 0 spiro atoms. The van der Waals surface area contributed by atoms with E-state index < -0.39 is 59.8 Å². The van der Waals surface area contributed by atoms with Crippen molar-refractivity contribution >= 4 is 16.4 Å². The summed E-state index contributed by atoms with van der Waals surface area (Å²) in [6.45, 7) is 3.83. The average molecular weight is 957 g/mol. The molecule has 1 saturated heterocycles. The van der Waals surface area contributed by atoms with Crippen LogP contribution in [0.2, 0.25) is 0 Å². The molecule has 1 aliphatic rings. The maximum absolute atomic E-state index is 12.9. The molecule has 6 atom stereocenters. The van der Waals surface area contributed by atoms with Gasteiger partial charge in [-0.15, -0.1) is 0 Å². The van der Waals surface area contributed by atoms with Gasteiger partial charge in [-0.1, -0.05) is 210 Å². The van der Waals surface area contributed by atoms with Gasteiger partial charge in [0.25, 0.3) is 0 Å². The molecule has 0 amide bonds. The molecule has 0 aromatic carbocycles. The maximum atomic E-state index is 12.9. The highest BCUT2D eigenvalue weighted by Crippen LogP contribution is 2.26. The second-order valence-electron chi connectivity index (χ2n) is 18.1. The number of carbonyl (C=O) groups excluding carboxylic acids is 1. The Labute approximate surface area is 402 Å². The second kappa shape index (κ2) is 44.3. The lowest BCUT2D eigenvalue weighted by molar-refractivity contribution is -0.301. The van der Waals surface area contributed by atoms with Crippen molar-refractivity contribution < 1.29 is 56.2 Å². The fourth-order valence-electron chi connectivity index (χ4n) is 8.02. The molecule has 0 bridgehead atoms. The molecule has 0 aliphatic carbocycles. The predicted octanol–water partition coefficient (Wildman–Crippen LogP) is 12.3. The zero-order chi connectivity index (χ0) is 48.2. The summed E-state index contributed by atoms with van der Waals surface area (Å²) in [5.41, 5.74) is 0. The van der Waals surface area contributed by atoms with Crippen molar-refractivity contribution in [3.63, 3.8) is 0 Å². The van der Waals surface area contributed by atoms with Crippen molar-refractivity contribution in [2.24, 2.45) is 0 Å². The molecule has 0 saturated carbocycles. The highest BCUT2D eigenvalue weighted by atomic mass is 32.3. The molecule has 0 radical (unpaired) electrons. The highest BCUT2D eigenvalue weighted by molar-refractivity contribution is 7.80. The van der Waals surface area contributed by atoms with E-state index in [-0.39, 0.29) is 19.6 Å². The minimum Gasteiger partial charge on any atom is -0.457 e. The first-order chi connectivity index (χ1) is 32.1. The number of esters is 1. The Balaban J connectivity index is 2.34. The van der Waals surface area contributed by atoms with Crippen LogP contribution in [0, 0.1) is 0 Å². The van der Waals surface area contributed by atoms with Crippen LogP contribution in [0.15, 0.2) is 48.6 Å². The van der Waals surface area contributed by atoms with Gasteiger partial charge in [-0.05, 0) is 51.4 Å². The lowest BCUT2D eigenvalue weighted by Crippen LogP contribution is -2.60. The van der Waals surface area contributed by atoms with Crippen molar-refractivity contribution in [1.82, 2.24) is 0 Å². The van der Waals surface area contributed by atoms with Crippen molar-refractivity contribution in [3.8, 4) is 0 Å². The van der Waals surface area contributed by atoms with Crippen molar-refractivity contribution in [2.45, 2.75) is 256 Å². The Hall–Kier alpha value is -1.94. The Bertz CT molecular complexity index is 1340. The maximum Gasteiger partial charge on any atom is 0.397 e. The second-order valence-corrected chi connectivity index (χ2v) is 19.1. The molecule has 1 rings (SSSR count). The van der Waals surface area contributed by atoms with Crippen LogP contribution in [0.1, 0.15) is 219 Å². The molecule has 1 aliphatic heterocycles. The van der Waals surface area contributed by atoms with E-state index in [1.165, 1.54) is 122 Å². The van der Waals surface area contributed by atoms with Crippen LogP contribution in [0.25, 0.3) is 0 Å². The third kappa shape index (κ3) is 37.0. The molecule has 12 nitrogen and oxygen atoms in total. The van der Waals surface area contributed by atoms with Crippen LogP contribution in [-0.4, -0.2) is 97.5 Å². The monoisotopic (exact) mass is 957 g/mol. The highest BCUT2D eigenvalue weighted by Gasteiger charge is 2.48. The molecular formula is C53H96O12S. The quantitative estimate of drug-likeness (QED) is 0.0197. The predicted molar refractivity (Wildman–Crippen MR) is 266 cm³/mol. The van der Waals surface area contributed by atoms with E-state index in [9.17, 15) is 33.1 Å². The lowest BCUT2D eigenvalue weighted by Gasteiger charge is -2.41. The smallest absolute Gasteiger partial charge is 0.397 e. The van der Waals surface area contributed by atoms with Gasteiger partial charge in [-0.3, -0.25) is 9.35 Å². The molecular weight excluding hydrogens is 861 g/mol. The first-order valence-corrected chi connectivity index (χ1v) is 27.8. The normalized spacial score (nSPS) is 19.9. The minimum absolute atomic E-state index is 0.0157. The molecule has 386 valence electrons. The number of rotatable bonds is 46. The molecule has 13 heteroatoms. The van der Waals surface area contributed by atoms with Gasteiger partial charge in [0.15, 0.2) is 6.29 Å². The summed E-state index contributed by atoms with van der Waals surface area (Å²) in [4.78, 5) is 12.9. The Morgan fingerprint density at radius 3 is 1.52 bits per heavy atom. The van der Waals surface area contributed by atoms with Crippen LogP contribution in [-0.2, 0) is 38.3 Å². The summed E-state index contributed by atoms with van der Waals surface area (Å²) < 4.78 is 59.2. The van der Waals surface area contributed by atoms with E-state index in [1.807, 2.05) is 0 Å². The number of ether oxygens (including phenoxy) is 4. The number of carbonyl (C=O) groups is 1. The van der Waals surface area contributed by atoms with E-state index in [0.29, 0.717) is 13.0 Å². The van der Waals surface area contributed by atoms with Gasteiger partial charge in [0, 0.05) is 13.0 Å². The third-order valence-corrected chi connectivity index (χ3v) is 12.4. The van der Waals surface area contributed by atoms with E-state index in [2.05, 4.69) is 66.6 Å². The first kappa shape index (κ1) is 62.1. The van der Waals surface area contributed by atoms with Crippen LogP contribution in [0.5, 0.6) is 0 Å². The number of hydrogen-bond donors (Lipinski definition) is 4. The number of hydrogen-bond acceptors (Lipinski definition) is 11. The van der Waals surface area contributed by atoms with Gasteiger partial charge >= 0.3 is 16.4 Å². The number of aliphatic hydroxyl groups excluding tert-OH is 3. The van der Waals surface area contributed by atoms with Crippen LogP contribution in [0.3, 0.4) is 0 Å². The molecule has 4 N–H and O–H groups in total. The zero-order valence-corrected chi connectivity index (χ0v) is 42.3. The topological polar surface area (TPSA) is 178 Å². The minimum atomic E-state index is -5.07. The van der Waals surface area contributed by atoms with E-state index in [4.69, 9.17) is 18.9 Å². The Kier molecular flexibility index (Phi) is 41.6. The van der Waals surface area contributed by atoms with Gasteiger partial charge in [0.2, 0.25) is 0 Å². The molecule has 0 aromatic rings. The summed E-state index contributed by atoms with van der Waals surface area (Å²) in [6, 6.07) is 0. The summed E-state index contributed by atoms with van der Waals surface area (Å²) in [5.74, 6) is -0.407. The van der Waals surface area contributed by atoms with Crippen LogP contribution < -0.4 is 0 Å². The Morgan fingerprint density at radius 2 is 1.05 bits per heavy atom. The summed E-state index contributed by atoms with van der Waals surface area (Å²) in [7, 11) is -5.07. The van der Waals surface area contributed by atoms with Gasteiger partial charge in [-0.2, -0.15) is 8.42 Å². The Morgan fingerprint density at radius 1 is 0.591 bits per heavy atom. The molecule has 1 fully saturated rings. The fraction of sp³-hybridized carbons (Fsp3) is 0.830. The SMILES string of the molecule is CC/C=C\C/C=C\C/C=C\C/C=C\CCCCCOCC(COC1OC(CO)C(O)C(OS(=O)(=O)O)C1O)OC(=O)CCCCCCCCCCCCCCCCCCCCCCCCC. The van der Waals surface area contributed by atoms with E-state index in [0.717, 1.165) is 70.6 Å². The molecule has 1 heterocycles. The largest absolute Gasteiger partial charge is 0.457 e. The summed E-state index contributed by atoms with van der Waals surface area (Å²) in [6.07, 6.45) is 45.8. The number of aliphatic hydroxyl groups is 3. The zero-order valence-electron chi connectivity index (χ0n) is 41.5. The van der Waals surface area contributed by atoms with Gasteiger partial charge in [0.1, 0.15) is 30.5 Å². The van der Waals surface area contributed by atoms with E-state index >= 15 is 0 Å². The summed E-state index contributed by atoms with van der Waals surface area (Å²) >= 11 is 0. The molecule has 6 unspecified atom stereocenters. The van der Waals surface area contributed by atoms with Crippen LogP contribution >= 0.6 is 0 Å². The van der Waals surface area contributed by atoms with Crippen molar-refractivity contribution in [2.75, 3.05) is 26.4 Å². The van der Waals surface area contributed by atoms with Crippen molar-refractivity contribution in [3.05, 3.63) is 48.6 Å². The average Bonchev–Trinajstić information content (AvgIpc) is 3.29. The first-order valence-electron chi connectivity index (χ1n) is 26.4.